The molecule has 39 heavy (non-hydrogen) atoms. The summed E-state index contributed by atoms with van der Waals surface area (Å²) in [6.07, 6.45) is 4.22. The molecule has 2 atom stereocenters. The van der Waals surface area contributed by atoms with Crippen LogP contribution in [0.1, 0.15) is 56.7 Å². The van der Waals surface area contributed by atoms with Crippen LogP contribution in [0.3, 0.4) is 0 Å². The van der Waals surface area contributed by atoms with Crippen molar-refractivity contribution in [1.82, 2.24) is 10.3 Å². The van der Waals surface area contributed by atoms with E-state index in [0.29, 0.717) is 18.5 Å². The second-order valence-electron chi connectivity index (χ2n) is 10.4. The number of nitrogens with zero attached hydrogens (tertiary/aromatic N) is 2. The summed E-state index contributed by atoms with van der Waals surface area (Å²) >= 11 is 0. The summed E-state index contributed by atoms with van der Waals surface area (Å²) in [4.78, 5) is 43.8. The number of rotatable bonds is 9. The zero-order valence-electron chi connectivity index (χ0n) is 23.0. The molecule has 206 valence electrons. The molecule has 1 aliphatic heterocycles. The first-order valence-corrected chi connectivity index (χ1v) is 13.0. The van der Waals surface area contributed by atoms with Crippen molar-refractivity contribution in [2.45, 2.75) is 59.4 Å². The molecular weight excluding hydrogens is 510 g/mol. The van der Waals surface area contributed by atoms with Crippen molar-refractivity contribution < 1.29 is 19.5 Å². The molecule has 1 fully saturated rings. The second kappa shape index (κ2) is 12.9. The van der Waals surface area contributed by atoms with E-state index >= 15 is 0 Å². The molecule has 0 spiro atoms. The Labute approximate surface area is 237 Å². The van der Waals surface area contributed by atoms with Gasteiger partial charge in [-0.3, -0.25) is 14.6 Å². The molecule has 0 saturated carbocycles. The number of carboxylic acids is 1. The summed E-state index contributed by atoms with van der Waals surface area (Å²) in [5.41, 5.74) is 7.01. The van der Waals surface area contributed by atoms with Crippen LogP contribution in [0.4, 0.5) is 5.69 Å². The third kappa shape index (κ3) is 7.47. The van der Waals surface area contributed by atoms with Crippen LogP contribution in [0.25, 0.3) is 0 Å². The Morgan fingerprint density at radius 2 is 1.69 bits per heavy atom. The topological polar surface area (TPSA) is 99.6 Å². The summed E-state index contributed by atoms with van der Waals surface area (Å²) in [7, 11) is 0. The smallest absolute Gasteiger partial charge is 0.326 e. The standard InChI is InChI=1S/C31H35N3O4.H2S/c1-19-11-12-32-25(15-19)8-5-24-17-28(35)34(18-24)26-9-6-23(7-10-26)16-27(31(37)38)33-30(36)29-21(3)13-20(2)14-22(29)4;/h6-7,9-15,24,27H,5,8,16-18H2,1-4H3,(H,33,36)(H,37,38);1H2/t24?,27-;/m1./s1. The number of amides is 2. The lowest BCUT2D eigenvalue weighted by atomic mass is 9.98. The van der Waals surface area contributed by atoms with Crippen LogP contribution in [-0.2, 0) is 22.4 Å². The average molecular weight is 548 g/mol. The molecule has 0 bridgehead atoms. The maximum absolute atomic E-state index is 12.9. The van der Waals surface area contributed by atoms with Crippen molar-refractivity contribution in [2.24, 2.45) is 5.92 Å². The number of hydrogen-bond donors (Lipinski definition) is 2. The van der Waals surface area contributed by atoms with E-state index in [1.165, 1.54) is 5.56 Å². The molecule has 1 aromatic heterocycles. The molecule has 0 radical (unpaired) electrons. The molecule has 2 N–H and O–H groups in total. The number of carbonyl (C=O) groups excluding carboxylic acids is 2. The van der Waals surface area contributed by atoms with Gasteiger partial charge in [0.25, 0.3) is 5.91 Å². The number of pyridine rings is 1. The molecule has 1 saturated heterocycles. The van der Waals surface area contributed by atoms with Gasteiger partial charge >= 0.3 is 5.97 Å². The maximum atomic E-state index is 12.9. The highest BCUT2D eigenvalue weighted by atomic mass is 32.1. The predicted octanol–water partition coefficient (Wildman–Crippen LogP) is 4.84. The number of nitrogens with one attached hydrogen (secondary N) is 1. The van der Waals surface area contributed by atoms with Gasteiger partial charge in [-0.15, -0.1) is 0 Å². The summed E-state index contributed by atoms with van der Waals surface area (Å²) in [5.74, 6) is -1.12. The number of aryl methyl sites for hydroxylation is 5. The number of carboxylic acid groups (broad SMARTS) is 1. The van der Waals surface area contributed by atoms with Crippen LogP contribution in [0, 0.1) is 33.6 Å². The molecule has 4 rings (SSSR count). The van der Waals surface area contributed by atoms with Gasteiger partial charge in [-0.25, -0.2) is 4.79 Å². The fraction of sp³-hybridized carbons (Fsp3) is 0.355. The molecule has 7 nitrogen and oxygen atoms in total. The fourth-order valence-corrected chi connectivity index (χ4v) is 5.33. The van der Waals surface area contributed by atoms with Crippen LogP contribution in [0.15, 0.2) is 54.7 Å². The van der Waals surface area contributed by atoms with E-state index < -0.39 is 17.9 Å². The lowest BCUT2D eigenvalue weighted by Crippen LogP contribution is -2.42. The lowest BCUT2D eigenvalue weighted by Gasteiger charge is -2.19. The van der Waals surface area contributed by atoms with Crippen molar-refractivity contribution >= 4 is 37.0 Å². The number of hydrogen-bond acceptors (Lipinski definition) is 4. The lowest BCUT2D eigenvalue weighted by molar-refractivity contribution is -0.139. The number of carbonyl (C=O) groups is 3. The molecular formula is C31H37N3O4S. The molecule has 1 aliphatic rings. The summed E-state index contributed by atoms with van der Waals surface area (Å²) in [6.45, 7) is 8.38. The van der Waals surface area contributed by atoms with Crippen LogP contribution in [-0.4, -0.2) is 40.5 Å². The highest BCUT2D eigenvalue weighted by molar-refractivity contribution is 7.59. The van der Waals surface area contributed by atoms with E-state index in [9.17, 15) is 19.5 Å². The number of anilines is 1. The van der Waals surface area contributed by atoms with Gasteiger partial charge in [0, 0.05) is 42.5 Å². The Bertz CT molecular complexity index is 1330. The minimum absolute atomic E-state index is 0. The summed E-state index contributed by atoms with van der Waals surface area (Å²) < 4.78 is 0. The Kier molecular flexibility index (Phi) is 9.92. The van der Waals surface area contributed by atoms with Gasteiger partial charge in [0.2, 0.25) is 5.91 Å². The zero-order valence-corrected chi connectivity index (χ0v) is 24.0. The Hall–Kier alpha value is -3.65. The summed E-state index contributed by atoms with van der Waals surface area (Å²) in [6, 6.07) is 14.2. The van der Waals surface area contributed by atoms with Gasteiger partial charge < -0.3 is 15.3 Å². The highest BCUT2D eigenvalue weighted by Crippen LogP contribution is 2.28. The minimum atomic E-state index is -1.09. The molecule has 3 aromatic rings. The zero-order chi connectivity index (χ0) is 27.4. The molecule has 1 unspecified atom stereocenters. The molecule has 2 amide bonds. The third-order valence-corrected chi connectivity index (χ3v) is 7.18. The van der Waals surface area contributed by atoms with Crippen molar-refractivity contribution in [3.8, 4) is 0 Å². The highest BCUT2D eigenvalue weighted by Gasteiger charge is 2.30. The van der Waals surface area contributed by atoms with Crippen LogP contribution >= 0.6 is 13.5 Å². The van der Waals surface area contributed by atoms with E-state index in [1.54, 1.807) is 4.90 Å². The van der Waals surface area contributed by atoms with Gasteiger partial charge in [0.05, 0.1) is 0 Å². The van der Waals surface area contributed by atoms with Crippen LogP contribution in [0.5, 0.6) is 0 Å². The second-order valence-corrected chi connectivity index (χ2v) is 10.4. The SMILES string of the molecule is Cc1ccnc(CCC2CC(=O)N(c3ccc(C[C@@H](NC(=O)c4c(C)cc(C)cc4C)C(=O)O)cc3)C2)c1.S. The van der Waals surface area contributed by atoms with Crippen LogP contribution < -0.4 is 10.2 Å². The van der Waals surface area contributed by atoms with E-state index in [4.69, 9.17) is 0 Å². The monoisotopic (exact) mass is 547 g/mol. The normalized spacial score (nSPS) is 15.5. The van der Waals surface area contributed by atoms with Crippen molar-refractivity contribution in [3.05, 3.63) is 93.8 Å². The first kappa shape index (κ1) is 29.9. The largest absolute Gasteiger partial charge is 0.480 e. The maximum Gasteiger partial charge on any atom is 0.326 e. The molecule has 2 aromatic carbocycles. The quantitative estimate of drug-likeness (QED) is 0.399. The Morgan fingerprint density at radius 1 is 1.03 bits per heavy atom. The van der Waals surface area contributed by atoms with Gasteiger partial charge in [0.15, 0.2) is 0 Å². The van der Waals surface area contributed by atoms with E-state index in [2.05, 4.69) is 16.4 Å². The number of aromatic nitrogens is 1. The van der Waals surface area contributed by atoms with Gasteiger partial charge in [-0.05, 0) is 93.0 Å². The van der Waals surface area contributed by atoms with E-state index in [0.717, 1.165) is 46.5 Å². The first-order chi connectivity index (χ1) is 18.1. The first-order valence-electron chi connectivity index (χ1n) is 13.0. The Balaban J connectivity index is 0.00000420. The molecule has 0 aliphatic carbocycles. The number of aliphatic carboxylic acids is 1. The average Bonchev–Trinajstić information content (AvgIpc) is 3.22. The summed E-state index contributed by atoms with van der Waals surface area (Å²) in [5, 5.41) is 12.5. The third-order valence-electron chi connectivity index (χ3n) is 7.18. The Morgan fingerprint density at radius 3 is 2.31 bits per heavy atom. The fourth-order valence-electron chi connectivity index (χ4n) is 5.33. The number of benzene rings is 2. The van der Waals surface area contributed by atoms with Gasteiger partial charge in [0.1, 0.15) is 6.04 Å². The molecule has 2 heterocycles. The van der Waals surface area contributed by atoms with Gasteiger partial charge in [-0.2, -0.15) is 13.5 Å². The van der Waals surface area contributed by atoms with Gasteiger partial charge in [-0.1, -0.05) is 29.8 Å². The molecule has 8 heteroatoms. The van der Waals surface area contributed by atoms with Crippen molar-refractivity contribution in [1.29, 1.82) is 0 Å². The van der Waals surface area contributed by atoms with E-state index in [-0.39, 0.29) is 31.7 Å². The van der Waals surface area contributed by atoms with Crippen LogP contribution in [0.2, 0.25) is 0 Å². The van der Waals surface area contributed by atoms with Crippen molar-refractivity contribution in [3.63, 3.8) is 0 Å². The predicted molar refractivity (Wildman–Crippen MR) is 158 cm³/mol. The van der Waals surface area contributed by atoms with Crippen molar-refractivity contribution in [2.75, 3.05) is 11.4 Å². The minimum Gasteiger partial charge on any atom is -0.480 e. The van der Waals surface area contributed by atoms with E-state index in [1.807, 2.05) is 76.4 Å².